The smallest absolute Gasteiger partial charge is 0.129 e. The Bertz CT molecular complexity index is 625. The molecular formula is C15H17F2N3. The molecule has 0 saturated heterocycles. The van der Waals surface area contributed by atoms with Crippen molar-refractivity contribution < 1.29 is 8.78 Å². The maximum Gasteiger partial charge on any atom is 0.129 e. The third-order valence-electron chi connectivity index (χ3n) is 4.02. The molecule has 3 rings (SSSR count). The molecule has 1 fully saturated rings. The summed E-state index contributed by atoms with van der Waals surface area (Å²) in [4.78, 5) is 0. The molecule has 1 aromatic heterocycles. The number of hydrogen-bond donors (Lipinski definition) is 1. The Morgan fingerprint density at radius 3 is 2.45 bits per heavy atom. The number of nitrogen functional groups attached to an aromatic ring is 1. The molecule has 5 heteroatoms. The van der Waals surface area contributed by atoms with Gasteiger partial charge in [0.05, 0.1) is 5.69 Å². The highest BCUT2D eigenvalue weighted by atomic mass is 19.1. The van der Waals surface area contributed by atoms with E-state index in [1.165, 1.54) is 31.4 Å². The third kappa shape index (κ3) is 2.28. The molecule has 2 N–H and O–H groups in total. The zero-order valence-corrected chi connectivity index (χ0v) is 11.4. The van der Waals surface area contributed by atoms with Gasteiger partial charge in [-0.3, -0.25) is 4.68 Å². The van der Waals surface area contributed by atoms with Crippen LogP contribution in [0.4, 0.5) is 14.6 Å². The van der Waals surface area contributed by atoms with Crippen LogP contribution in [0.1, 0.15) is 25.0 Å². The number of benzene rings is 1. The van der Waals surface area contributed by atoms with Gasteiger partial charge in [0, 0.05) is 18.7 Å². The molecule has 1 heterocycles. The number of aryl methyl sites for hydroxylation is 1. The molecule has 0 aliphatic heterocycles. The summed E-state index contributed by atoms with van der Waals surface area (Å²) in [5, 5.41) is 4.41. The Morgan fingerprint density at radius 1 is 1.25 bits per heavy atom. The van der Waals surface area contributed by atoms with E-state index < -0.39 is 11.6 Å². The van der Waals surface area contributed by atoms with Crippen molar-refractivity contribution in [1.82, 2.24) is 9.78 Å². The van der Waals surface area contributed by atoms with Crippen LogP contribution >= 0.6 is 0 Å². The zero-order valence-electron chi connectivity index (χ0n) is 11.4. The highest BCUT2D eigenvalue weighted by Crippen LogP contribution is 2.36. The van der Waals surface area contributed by atoms with E-state index in [4.69, 9.17) is 5.73 Å². The van der Waals surface area contributed by atoms with Gasteiger partial charge in [0.1, 0.15) is 17.5 Å². The van der Waals surface area contributed by atoms with Crippen LogP contribution in [0.5, 0.6) is 0 Å². The molecule has 2 aromatic rings. The Hall–Kier alpha value is -1.91. The highest BCUT2D eigenvalue weighted by molar-refractivity contribution is 5.76. The van der Waals surface area contributed by atoms with Crippen LogP contribution in [0.25, 0.3) is 11.1 Å². The van der Waals surface area contributed by atoms with Crippen molar-refractivity contribution in [3.8, 4) is 11.1 Å². The van der Waals surface area contributed by atoms with E-state index >= 15 is 0 Å². The van der Waals surface area contributed by atoms with E-state index in [0.29, 0.717) is 22.9 Å². The molecule has 0 atom stereocenters. The first-order valence-electron chi connectivity index (χ1n) is 6.82. The lowest BCUT2D eigenvalue weighted by molar-refractivity contribution is 0.311. The highest BCUT2D eigenvalue weighted by Gasteiger charge is 2.23. The normalized spacial score (nSPS) is 15.3. The number of nitrogens with zero attached hydrogens (tertiary/aromatic N) is 2. The molecule has 0 amide bonds. The van der Waals surface area contributed by atoms with Gasteiger partial charge in [0.25, 0.3) is 0 Å². The minimum Gasteiger partial charge on any atom is -0.383 e. The summed E-state index contributed by atoms with van der Waals surface area (Å²) in [6, 6.07) is 3.48. The predicted octanol–water partition coefficient (Wildman–Crippen LogP) is 3.29. The van der Waals surface area contributed by atoms with Gasteiger partial charge in [0.2, 0.25) is 0 Å². The van der Waals surface area contributed by atoms with Gasteiger partial charge in [-0.1, -0.05) is 19.3 Å². The van der Waals surface area contributed by atoms with Gasteiger partial charge in [-0.25, -0.2) is 8.78 Å². The van der Waals surface area contributed by atoms with Crippen LogP contribution in [-0.4, -0.2) is 9.78 Å². The van der Waals surface area contributed by atoms with Crippen molar-refractivity contribution in [2.45, 2.75) is 25.7 Å². The fourth-order valence-electron chi connectivity index (χ4n) is 2.72. The molecule has 1 saturated carbocycles. The van der Waals surface area contributed by atoms with E-state index in [1.807, 2.05) is 0 Å². The van der Waals surface area contributed by atoms with Crippen molar-refractivity contribution in [2.24, 2.45) is 13.0 Å². The van der Waals surface area contributed by atoms with Crippen molar-refractivity contribution >= 4 is 5.82 Å². The standard InChI is InChI=1S/C15H17F2N3/c1-20-15(18)14(10-6-11(16)8-12(17)7-10)13(19-20)5-9-3-2-4-9/h6-9H,2-5,18H2,1H3. The maximum absolute atomic E-state index is 13.4. The van der Waals surface area contributed by atoms with Gasteiger partial charge in [-0.15, -0.1) is 0 Å². The third-order valence-corrected chi connectivity index (χ3v) is 4.02. The Labute approximate surface area is 116 Å². The quantitative estimate of drug-likeness (QED) is 0.935. The summed E-state index contributed by atoms with van der Waals surface area (Å²) in [6.07, 6.45) is 4.44. The fraction of sp³-hybridized carbons (Fsp3) is 0.400. The first-order valence-corrected chi connectivity index (χ1v) is 6.82. The SMILES string of the molecule is Cn1nc(CC2CCC2)c(-c2cc(F)cc(F)c2)c1N. The van der Waals surface area contributed by atoms with Crippen LogP contribution in [0.2, 0.25) is 0 Å². The first-order chi connectivity index (χ1) is 9.54. The second-order valence-corrected chi connectivity index (χ2v) is 5.49. The van der Waals surface area contributed by atoms with Crippen molar-refractivity contribution in [3.63, 3.8) is 0 Å². The van der Waals surface area contributed by atoms with Gasteiger partial charge in [-0.05, 0) is 30.0 Å². The summed E-state index contributed by atoms with van der Waals surface area (Å²) >= 11 is 0. The summed E-state index contributed by atoms with van der Waals surface area (Å²) in [5.41, 5.74) is 7.98. The number of hydrogen-bond acceptors (Lipinski definition) is 2. The van der Waals surface area contributed by atoms with Gasteiger partial charge in [0.15, 0.2) is 0 Å². The summed E-state index contributed by atoms with van der Waals surface area (Å²) in [5.74, 6) is -0.138. The van der Waals surface area contributed by atoms with E-state index in [0.717, 1.165) is 18.2 Å². The average Bonchev–Trinajstić information content (AvgIpc) is 2.59. The van der Waals surface area contributed by atoms with E-state index in [9.17, 15) is 8.78 Å². The first kappa shape index (κ1) is 13.1. The molecule has 20 heavy (non-hydrogen) atoms. The van der Waals surface area contributed by atoms with E-state index in [1.54, 1.807) is 11.7 Å². The summed E-state index contributed by atoms with van der Waals surface area (Å²) < 4.78 is 28.4. The molecular weight excluding hydrogens is 260 g/mol. The molecule has 0 bridgehead atoms. The Morgan fingerprint density at radius 2 is 1.90 bits per heavy atom. The van der Waals surface area contributed by atoms with Crippen molar-refractivity contribution in [1.29, 1.82) is 0 Å². The molecule has 3 nitrogen and oxygen atoms in total. The Kier molecular flexibility index (Phi) is 3.20. The largest absolute Gasteiger partial charge is 0.383 e. The Balaban J connectivity index is 2.06. The minimum atomic E-state index is -0.599. The van der Waals surface area contributed by atoms with Crippen LogP contribution in [0.15, 0.2) is 18.2 Å². The van der Waals surface area contributed by atoms with Crippen LogP contribution in [0.3, 0.4) is 0 Å². The second-order valence-electron chi connectivity index (χ2n) is 5.49. The molecule has 0 unspecified atom stereocenters. The van der Waals surface area contributed by atoms with Gasteiger partial charge in [-0.2, -0.15) is 5.10 Å². The lowest BCUT2D eigenvalue weighted by Gasteiger charge is -2.24. The minimum absolute atomic E-state index is 0.448. The molecule has 1 aliphatic rings. The predicted molar refractivity (Wildman–Crippen MR) is 74.0 cm³/mol. The topological polar surface area (TPSA) is 43.8 Å². The van der Waals surface area contributed by atoms with Crippen molar-refractivity contribution in [2.75, 3.05) is 5.73 Å². The number of rotatable bonds is 3. The number of anilines is 1. The average molecular weight is 277 g/mol. The summed E-state index contributed by atoms with van der Waals surface area (Å²) in [7, 11) is 1.75. The summed E-state index contributed by atoms with van der Waals surface area (Å²) in [6.45, 7) is 0. The molecule has 1 aromatic carbocycles. The second kappa shape index (κ2) is 4.89. The van der Waals surface area contributed by atoms with Gasteiger partial charge < -0.3 is 5.73 Å². The van der Waals surface area contributed by atoms with Gasteiger partial charge >= 0.3 is 0 Å². The monoisotopic (exact) mass is 277 g/mol. The number of nitrogens with two attached hydrogens (primary N) is 1. The van der Waals surface area contributed by atoms with Crippen molar-refractivity contribution in [3.05, 3.63) is 35.5 Å². The molecule has 0 spiro atoms. The van der Waals surface area contributed by atoms with E-state index in [-0.39, 0.29) is 0 Å². The lowest BCUT2D eigenvalue weighted by atomic mass is 9.81. The lowest BCUT2D eigenvalue weighted by Crippen LogP contribution is -2.14. The van der Waals surface area contributed by atoms with Crippen LogP contribution < -0.4 is 5.73 Å². The van der Waals surface area contributed by atoms with Crippen LogP contribution in [-0.2, 0) is 13.5 Å². The van der Waals surface area contributed by atoms with E-state index in [2.05, 4.69) is 5.10 Å². The molecule has 1 aliphatic carbocycles. The van der Waals surface area contributed by atoms with Crippen LogP contribution in [0, 0.1) is 17.6 Å². The number of halogens is 2. The maximum atomic E-state index is 13.4. The zero-order chi connectivity index (χ0) is 14.3. The number of aromatic nitrogens is 2. The molecule has 106 valence electrons. The molecule has 0 radical (unpaired) electrons. The fourth-order valence-corrected chi connectivity index (χ4v) is 2.72.